The third-order valence-corrected chi connectivity index (χ3v) is 4.89. The van der Waals surface area contributed by atoms with Gasteiger partial charge in [-0.1, -0.05) is 6.07 Å². The molecule has 1 aliphatic rings. The first-order valence-electron chi connectivity index (χ1n) is 9.38. The zero-order chi connectivity index (χ0) is 22.0. The standard InChI is InChI=1S/C19H17F3N8O/c20-19(21,22)16-4-5-30(26-16)13-29-12-24-17(25-18(29)31)28-8-6-27(7-9-28)15-3-1-2-14(10-15)11-23/h1-5,10,12H,6-9,13H2. The molecule has 0 unspecified atom stereocenters. The second-order valence-corrected chi connectivity index (χ2v) is 6.92. The molecule has 1 aliphatic heterocycles. The Morgan fingerprint density at radius 2 is 1.84 bits per heavy atom. The predicted molar refractivity (Wildman–Crippen MR) is 105 cm³/mol. The van der Waals surface area contributed by atoms with Crippen molar-refractivity contribution in [2.45, 2.75) is 12.8 Å². The maximum Gasteiger partial charge on any atom is 0.435 e. The van der Waals surface area contributed by atoms with E-state index in [4.69, 9.17) is 5.26 Å². The summed E-state index contributed by atoms with van der Waals surface area (Å²) in [6.07, 6.45) is -2.15. The van der Waals surface area contributed by atoms with Crippen LogP contribution in [0, 0.1) is 11.3 Å². The number of hydrogen-bond donors (Lipinski definition) is 0. The van der Waals surface area contributed by atoms with Crippen molar-refractivity contribution in [1.29, 1.82) is 5.26 Å². The van der Waals surface area contributed by atoms with Crippen molar-refractivity contribution >= 4 is 11.6 Å². The Morgan fingerprint density at radius 3 is 2.48 bits per heavy atom. The third kappa shape index (κ3) is 4.50. The number of nitriles is 1. The fraction of sp³-hybridized carbons (Fsp3) is 0.316. The largest absolute Gasteiger partial charge is 0.435 e. The van der Waals surface area contributed by atoms with Gasteiger partial charge >= 0.3 is 11.9 Å². The summed E-state index contributed by atoms with van der Waals surface area (Å²) in [5, 5.41) is 12.5. The molecule has 9 nitrogen and oxygen atoms in total. The third-order valence-electron chi connectivity index (χ3n) is 4.89. The zero-order valence-electron chi connectivity index (χ0n) is 16.2. The number of halogens is 3. The van der Waals surface area contributed by atoms with E-state index in [1.165, 1.54) is 6.33 Å². The van der Waals surface area contributed by atoms with Crippen LogP contribution in [0.25, 0.3) is 0 Å². The molecule has 0 aliphatic carbocycles. The van der Waals surface area contributed by atoms with Gasteiger partial charge in [0.1, 0.15) is 13.0 Å². The minimum atomic E-state index is -4.55. The van der Waals surface area contributed by atoms with Crippen molar-refractivity contribution in [2.75, 3.05) is 36.0 Å². The summed E-state index contributed by atoms with van der Waals surface area (Å²) in [6, 6.07) is 10.3. The van der Waals surface area contributed by atoms with Crippen LogP contribution < -0.4 is 15.5 Å². The number of benzene rings is 1. The Balaban J connectivity index is 1.41. The van der Waals surface area contributed by atoms with Gasteiger partial charge in [-0.25, -0.2) is 9.78 Å². The maximum absolute atomic E-state index is 12.7. The van der Waals surface area contributed by atoms with Gasteiger partial charge in [0.15, 0.2) is 5.69 Å². The van der Waals surface area contributed by atoms with Gasteiger partial charge in [-0.15, -0.1) is 0 Å². The first kappa shape index (κ1) is 20.4. The van der Waals surface area contributed by atoms with E-state index in [1.54, 1.807) is 6.07 Å². The quantitative estimate of drug-likeness (QED) is 0.620. The average molecular weight is 430 g/mol. The molecule has 0 saturated carbocycles. The number of alkyl halides is 3. The van der Waals surface area contributed by atoms with Crippen molar-refractivity contribution in [3.05, 3.63) is 64.6 Å². The van der Waals surface area contributed by atoms with Crippen molar-refractivity contribution in [1.82, 2.24) is 24.3 Å². The first-order chi connectivity index (χ1) is 14.8. The Labute approximate surface area is 174 Å². The van der Waals surface area contributed by atoms with Gasteiger partial charge in [0.05, 0.1) is 11.6 Å². The second-order valence-electron chi connectivity index (χ2n) is 6.92. The van der Waals surface area contributed by atoms with E-state index in [0.717, 1.165) is 27.2 Å². The van der Waals surface area contributed by atoms with E-state index in [2.05, 4.69) is 26.0 Å². The van der Waals surface area contributed by atoms with Crippen LogP contribution in [0.15, 0.2) is 47.7 Å². The molecule has 12 heteroatoms. The number of rotatable bonds is 4. The van der Waals surface area contributed by atoms with E-state index in [-0.39, 0.29) is 12.6 Å². The monoisotopic (exact) mass is 430 g/mol. The first-order valence-corrected chi connectivity index (χ1v) is 9.38. The van der Waals surface area contributed by atoms with Crippen LogP contribution in [-0.4, -0.2) is 50.5 Å². The summed E-state index contributed by atoms with van der Waals surface area (Å²) in [6.45, 7) is 2.25. The topological polar surface area (TPSA) is 95.9 Å². The van der Waals surface area contributed by atoms with Crippen LogP contribution in [0.3, 0.4) is 0 Å². The molecule has 160 valence electrons. The molecule has 4 rings (SSSR count). The lowest BCUT2D eigenvalue weighted by molar-refractivity contribution is -0.141. The van der Waals surface area contributed by atoms with E-state index in [0.29, 0.717) is 31.7 Å². The highest BCUT2D eigenvalue weighted by atomic mass is 19.4. The summed E-state index contributed by atoms with van der Waals surface area (Å²) in [5.74, 6) is 0.267. The predicted octanol–water partition coefficient (Wildman–Crippen LogP) is 1.56. The van der Waals surface area contributed by atoms with Crippen molar-refractivity contribution in [2.24, 2.45) is 0 Å². The zero-order valence-corrected chi connectivity index (χ0v) is 16.2. The molecular formula is C19H17F3N8O. The summed E-state index contributed by atoms with van der Waals surface area (Å²) in [4.78, 5) is 24.5. The maximum atomic E-state index is 12.7. The van der Waals surface area contributed by atoms with Crippen LogP contribution in [0.2, 0.25) is 0 Å². The van der Waals surface area contributed by atoms with E-state index in [9.17, 15) is 18.0 Å². The smallest absolute Gasteiger partial charge is 0.368 e. The molecule has 1 aromatic carbocycles. The molecule has 0 spiro atoms. The van der Waals surface area contributed by atoms with E-state index in [1.807, 2.05) is 23.1 Å². The Morgan fingerprint density at radius 1 is 1.10 bits per heavy atom. The molecule has 1 fully saturated rings. The minimum absolute atomic E-state index is 0.224. The second kappa shape index (κ2) is 8.10. The van der Waals surface area contributed by atoms with Crippen LogP contribution >= 0.6 is 0 Å². The van der Waals surface area contributed by atoms with Gasteiger partial charge in [-0.05, 0) is 24.3 Å². The molecule has 31 heavy (non-hydrogen) atoms. The van der Waals surface area contributed by atoms with Gasteiger partial charge < -0.3 is 9.80 Å². The summed E-state index contributed by atoms with van der Waals surface area (Å²) < 4.78 is 40.1. The molecule has 0 N–H and O–H groups in total. The molecule has 1 saturated heterocycles. The molecule has 0 radical (unpaired) electrons. The van der Waals surface area contributed by atoms with Gasteiger partial charge in [-0.2, -0.15) is 28.5 Å². The molecule has 2 aromatic heterocycles. The fourth-order valence-corrected chi connectivity index (χ4v) is 3.28. The van der Waals surface area contributed by atoms with Crippen molar-refractivity contribution < 1.29 is 13.2 Å². The number of anilines is 2. The molecule has 3 aromatic rings. The average Bonchev–Trinajstić information content (AvgIpc) is 3.25. The Bertz CT molecular complexity index is 1170. The van der Waals surface area contributed by atoms with Gasteiger partial charge in [0.25, 0.3) is 0 Å². The number of piperazine rings is 1. The Kier molecular flexibility index (Phi) is 5.33. The number of nitrogens with zero attached hydrogens (tertiary/aromatic N) is 8. The van der Waals surface area contributed by atoms with Crippen LogP contribution in [0.4, 0.5) is 24.8 Å². The highest BCUT2D eigenvalue weighted by molar-refractivity contribution is 5.52. The molecule has 0 bridgehead atoms. The SMILES string of the molecule is N#Cc1cccc(N2CCN(c3ncn(Cn4ccc(C(F)(F)F)n4)c(=O)n3)CC2)c1. The van der Waals surface area contributed by atoms with Gasteiger partial charge in [0, 0.05) is 38.1 Å². The normalized spacial score (nSPS) is 14.5. The fourth-order valence-electron chi connectivity index (χ4n) is 3.28. The highest BCUT2D eigenvalue weighted by Crippen LogP contribution is 2.27. The summed E-state index contributed by atoms with van der Waals surface area (Å²) in [5.41, 5.74) is -0.117. The lowest BCUT2D eigenvalue weighted by Crippen LogP contribution is -2.47. The summed E-state index contributed by atoms with van der Waals surface area (Å²) >= 11 is 0. The van der Waals surface area contributed by atoms with Gasteiger partial charge in [-0.3, -0.25) is 9.25 Å². The summed E-state index contributed by atoms with van der Waals surface area (Å²) in [7, 11) is 0. The lowest BCUT2D eigenvalue weighted by atomic mass is 10.2. The Hall–Kier alpha value is -3.88. The minimum Gasteiger partial charge on any atom is -0.368 e. The van der Waals surface area contributed by atoms with E-state index < -0.39 is 17.6 Å². The molecule has 0 amide bonds. The molecule has 0 atom stereocenters. The highest BCUT2D eigenvalue weighted by Gasteiger charge is 2.33. The lowest BCUT2D eigenvalue weighted by Gasteiger charge is -2.36. The van der Waals surface area contributed by atoms with Crippen molar-refractivity contribution in [3.63, 3.8) is 0 Å². The van der Waals surface area contributed by atoms with Crippen LogP contribution in [-0.2, 0) is 12.8 Å². The number of aromatic nitrogens is 5. The van der Waals surface area contributed by atoms with Crippen LogP contribution in [0.1, 0.15) is 11.3 Å². The molecular weight excluding hydrogens is 413 g/mol. The van der Waals surface area contributed by atoms with Crippen LogP contribution in [0.5, 0.6) is 0 Å². The number of hydrogen-bond acceptors (Lipinski definition) is 7. The van der Waals surface area contributed by atoms with Gasteiger partial charge in [0.2, 0.25) is 5.95 Å². The van der Waals surface area contributed by atoms with Crippen molar-refractivity contribution in [3.8, 4) is 6.07 Å². The van der Waals surface area contributed by atoms with E-state index >= 15 is 0 Å². The molecule has 3 heterocycles.